The maximum absolute atomic E-state index is 5.94. The third-order valence-electron chi connectivity index (χ3n) is 3.33. The van der Waals surface area contributed by atoms with E-state index < -0.39 is 0 Å². The highest BCUT2D eigenvalue weighted by Gasteiger charge is 2.15. The Balaban J connectivity index is 2.14. The van der Waals surface area contributed by atoms with Gasteiger partial charge in [-0.2, -0.15) is 5.10 Å². The SMILES string of the molecule is CCn1c([C@H](C)Oc2ccc(C(C)C)cc2)n[nH]c1=S. The number of H-pyrrole nitrogens is 1. The highest BCUT2D eigenvalue weighted by molar-refractivity contribution is 7.71. The summed E-state index contributed by atoms with van der Waals surface area (Å²) in [5.74, 6) is 2.20. The van der Waals surface area contributed by atoms with Gasteiger partial charge in [0, 0.05) is 6.54 Å². The number of aromatic amines is 1. The maximum Gasteiger partial charge on any atom is 0.195 e. The van der Waals surface area contributed by atoms with Gasteiger partial charge in [-0.15, -0.1) is 0 Å². The first kappa shape index (κ1) is 14.8. The fraction of sp³-hybridized carbons (Fsp3) is 0.467. The molecule has 0 unspecified atom stereocenters. The molecule has 0 aliphatic heterocycles. The first-order valence-electron chi connectivity index (χ1n) is 6.94. The molecule has 2 aromatic rings. The Kier molecular flexibility index (Phi) is 4.60. The van der Waals surface area contributed by atoms with Crippen molar-refractivity contribution in [2.45, 2.75) is 46.3 Å². The van der Waals surface area contributed by atoms with E-state index >= 15 is 0 Å². The molecular weight excluding hydrogens is 270 g/mol. The van der Waals surface area contributed by atoms with Crippen molar-refractivity contribution in [3.8, 4) is 5.75 Å². The number of aromatic nitrogens is 3. The number of rotatable bonds is 5. The molecule has 0 amide bonds. The highest BCUT2D eigenvalue weighted by atomic mass is 32.1. The highest BCUT2D eigenvalue weighted by Crippen LogP contribution is 2.23. The van der Waals surface area contributed by atoms with Gasteiger partial charge in [-0.25, -0.2) is 0 Å². The zero-order chi connectivity index (χ0) is 14.7. The van der Waals surface area contributed by atoms with E-state index in [-0.39, 0.29) is 6.10 Å². The first-order chi connectivity index (χ1) is 9.52. The summed E-state index contributed by atoms with van der Waals surface area (Å²) in [5, 5.41) is 7.06. The van der Waals surface area contributed by atoms with Gasteiger partial charge in [0.1, 0.15) is 5.75 Å². The van der Waals surface area contributed by atoms with Crippen LogP contribution in [0.15, 0.2) is 24.3 Å². The molecule has 4 nitrogen and oxygen atoms in total. The lowest BCUT2D eigenvalue weighted by atomic mass is 10.0. The van der Waals surface area contributed by atoms with Gasteiger partial charge < -0.3 is 9.30 Å². The Hall–Kier alpha value is -1.62. The number of benzene rings is 1. The van der Waals surface area contributed by atoms with Gasteiger partial charge in [0.25, 0.3) is 0 Å². The van der Waals surface area contributed by atoms with E-state index in [0.717, 1.165) is 18.1 Å². The summed E-state index contributed by atoms with van der Waals surface area (Å²) in [7, 11) is 0. The number of nitrogens with zero attached hydrogens (tertiary/aromatic N) is 2. The van der Waals surface area contributed by atoms with Crippen molar-refractivity contribution in [1.82, 2.24) is 14.8 Å². The van der Waals surface area contributed by atoms with Crippen molar-refractivity contribution >= 4 is 12.2 Å². The van der Waals surface area contributed by atoms with Gasteiger partial charge in [0.05, 0.1) is 0 Å². The van der Waals surface area contributed by atoms with Crippen LogP contribution in [0.2, 0.25) is 0 Å². The van der Waals surface area contributed by atoms with Gasteiger partial charge in [0.2, 0.25) is 0 Å². The molecular formula is C15H21N3OS. The fourth-order valence-electron chi connectivity index (χ4n) is 2.13. The second-order valence-electron chi connectivity index (χ2n) is 5.12. The minimum atomic E-state index is -0.146. The van der Waals surface area contributed by atoms with Crippen molar-refractivity contribution in [2.75, 3.05) is 0 Å². The lowest BCUT2D eigenvalue weighted by molar-refractivity contribution is 0.210. The van der Waals surface area contributed by atoms with Gasteiger partial charge in [-0.05, 0) is 49.7 Å². The maximum atomic E-state index is 5.94. The van der Waals surface area contributed by atoms with Crippen LogP contribution >= 0.6 is 12.2 Å². The molecule has 0 aliphatic carbocycles. The summed E-state index contributed by atoms with van der Waals surface area (Å²) >= 11 is 5.19. The molecule has 1 N–H and O–H groups in total. The van der Waals surface area contributed by atoms with Gasteiger partial charge >= 0.3 is 0 Å². The van der Waals surface area contributed by atoms with E-state index in [9.17, 15) is 0 Å². The van der Waals surface area contributed by atoms with Crippen molar-refractivity contribution in [1.29, 1.82) is 0 Å². The Morgan fingerprint density at radius 2 is 1.90 bits per heavy atom. The predicted molar refractivity (Wildman–Crippen MR) is 82.7 cm³/mol. The van der Waals surface area contributed by atoms with Crippen LogP contribution < -0.4 is 4.74 Å². The van der Waals surface area contributed by atoms with Crippen LogP contribution in [-0.2, 0) is 6.54 Å². The van der Waals surface area contributed by atoms with E-state index in [1.807, 2.05) is 30.5 Å². The summed E-state index contributed by atoms with van der Waals surface area (Å²) in [6.07, 6.45) is -0.146. The molecule has 108 valence electrons. The van der Waals surface area contributed by atoms with Crippen LogP contribution in [0.1, 0.15) is 51.1 Å². The summed E-state index contributed by atoms with van der Waals surface area (Å²) in [6, 6.07) is 8.21. The molecule has 0 spiro atoms. The van der Waals surface area contributed by atoms with Crippen LogP contribution in [0.3, 0.4) is 0 Å². The van der Waals surface area contributed by atoms with Crippen molar-refractivity contribution in [2.24, 2.45) is 0 Å². The van der Waals surface area contributed by atoms with E-state index in [1.165, 1.54) is 5.56 Å². The van der Waals surface area contributed by atoms with E-state index in [0.29, 0.717) is 10.7 Å². The van der Waals surface area contributed by atoms with Gasteiger partial charge in [-0.1, -0.05) is 26.0 Å². The quantitative estimate of drug-likeness (QED) is 0.839. The lowest BCUT2D eigenvalue weighted by Gasteiger charge is -2.15. The van der Waals surface area contributed by atoms with Crippen LogP contribution in [0.5, 0.6) is 5.75 Å². The van der Waals surface area contributed by atoms with Crippen molar-refractivity contribution < 1.29 is 4.74 Å². The second kappa shape index (κ2) is 6.22. The first-order valence-corrected chi connectivity index (χ1v) is 7.35. The molecule has 5 heteroatoms. The third-order valence-corrected chi connectivity index (χ3v) is 3.64. The van der Waals surface area contributed by atoms with Crippen LogP contribution in [-0.4, -0.2) is 14.8 Å². The Morgan fingerprint density at radius 3 is 2.45 bits per heavy atom. The number of ether oxygens (including phenoxy) is 1. The zero-order valence-corrected chi connectivity index (χ0v) is 13.2. The van der Waals surface area contributed by atoms with Crippen molar-refractivity contribution in [3.05, 3.63) is 40.4 Å². The standard InChI is InChI=1S/C15H21N3OS/c1-5-18-14(16-17-15(18)20)11(4)19-13-8-6-12(7-9-13)10(2)3/h6-11H,5H2,1-4H3,(H,17,20)/t11-/m0/s1. The predicted octanol–water partition coefficient (Wildman–Crippen LogP) is 4.22. The molecule has 2 rings (SSSR count). The largest absolute Gasteiger partial charge is 0.483 e. The molecule has 0 fully saturated rings. The van der Waals surface area contributed by atoms with E-state index in [2.05, 4.69) is 36.2 Å². The van der Waals surface area contributed by atoms with Gasteiger partial charge in [0.15, 0.2) is 16.7 Å². The van der Waals surface area contributed by atoms with Crippen LogP contribution in [0.25, 0.3) is 0 Å². The van der Waals surface area contributed by atoms with Crippen LogP contribution in [0, 0.1) is 4.77 Å². The minimum absolute atomic E-state index is 0.146. The zero-order valence-electron chi connectivity index (χ0n) is 12.4. The number of hydrogen-bond acceptors (Lipinski definition) is 3. The van der Waals surface area contributed by atoms with Crippen LogP contribution in [0.4, 0.5) is 0 Å². The summed E-state index contributed by atoms with van der Waals surface area (Å²) in [4.78, 5) is 0. The average Bonchev–Trinajstić information content (AvgIpc) is 2.80. The molecule has 1 aromatic heterocycles. The van der Waals surface area contributed by atoms with Gasteiger partial charge in [-0.3, -0.25) is 5.10 Å². The fourth-order valence-corrected chi connectivity index (χ4v) is 2.40. The molecule has 20 heavy (non-hydrogen) atoms. The Bertz CT molecular complexity index is 613. The third kappa shape index (κ3) is 3.10. The number of hydrogen-bond donors (Lipinski definition) is 1. The average molecular weight is 291 g/mol. The molecule has 0 saturated heterocycles. The Labute approximate surface area is 124 Å². The summed E-state index contributed by atoms with van der Waals surface area (Å²) in [6.45, 7) is 9.16. The molecule has 0 aliphatic rings. The smallest absolute Gasteiger partial charge is 0.195 e. The number of nitrogens with one attached hydrogen (secondary N) is 1. The molecule has 1 aromatic carbocycles. The van der Waals surface area contributed by atoms with E-state index in [4.69, 9.17) is 17.0 Å². The minimum Gasteiger partial charge on any atom is -0.483 e. The topological polar surface area (TPSA) is 42.8 Å². The van der Waals surface area contributed by atoms with Crippen molar-refractivity contribution in [3.63, 3.8) is 0 Å². The summed E-state index contributed by atoms with van der Waals surface area (Å²) in [5.41, 5.74) is 1.31. The Morgan fingerprint density at radius 1 is 1.25 bits per heavy atom. The van der Waals surface area contributed by atoms with E-state index in [1.54, 1.807) is 0 Å². The molecule has 0 radical (unpaired) electrons. The second-order valence-corrected chi connectivity index (χ2v) is 5.50. The molecule has 1 atom stereocenters. The molecule has 0 bridgehead atoms. The normalized spacial score (nSPS) is 12.7. The summed E-state index contributed by atoms with van der Waals surface area (Å²) < 4.78 is 8.52. The molecule has 0 saturated carbocycles. The monoisotopic (exact) mass is 291 g/mol. The lowest BCUT2D eigenvalue weighted by Crippen LogP contribution is -2.11. The molecule has 1 heterocycles.